The summed E-state index contributed by atoms with van der Waals surface area (Å²) in [6.45, 7) is 0. The van der Waals surface area contributed by atoms with Gasteiger partial charge in [0.2, 0.25) is 0 Å². The van der Waals surface area contributed by atoms with Gasteiger partial charge in [0.05, 0.1) is 6.42 Å². The number of carboxylic acids is 1. The van der Waals surface area contributed by atoms with Gasteiger partial charge in [-0.25, -0.2) is 4.39 Å². The van der Waals surface area contributed by atoms with Gasteiger partial charge in [0.25, 0.3) is 0 Å². The van der Waals surface area contributed by atoms with Crippen molar-refractivity contribution in [2.75, 3.05) is 0 Å². The highest BCUT2D eigenvalue weighted by Crippen LogP contribution is 2.50. The summed E-state index contributed by atoms with van der Waals surface area (Å²) in [5, 5.41) is 8.91. The lowest BCUT2D eigenvalue weighted by Crippen LogP contribution is -1.95. The van der Waals surface area contributed by atoms with Gasteiger partial charge in [0.1, 0.15) is 17.3 Å². The van der Waals surface area contributed by atoms with Gasteiger partial charge in [-0.1, -0.05) is 18.2 Å². The summed E-state index contributed by atoms with van der Waals surface area (Å²) in [6.07, 6.45) is 0.536. The van der Waals surface area contributed by atoms with Crippen molar-refractivity contribution in [1.82, 2.24) is 0 Å². The molecule has 24 heavy (non-hydrogen) atoms. The van der Waals surface area contributed by atoms with Crippen LogP contribution in [0.15, 0.2) is 48.5 Å². The Balaban J connectivity index is 1.92. The fraction of sp³-hybridized carbons (Fsp3) is 0.105. The van der Waals surface area contributed by atoms with Crippen LogP contribution in [0.4, 0.5) is 4.39 Å². The Morgan fingerprint density at radius 3 is 2.67 bits per heavy atom. The van der Waals surface area contributed by atoms with Crippen LogP contribution >= 0.6 is 11.3 Å². The number of carboxylic acid groups (broad SMARTS) is 1. The summed E-state index contributed by atoms with van der Waals surface area (Å²) in [5.41, 5.74) is 2.59. The minimum Gasteiger partial charge on any atom is -0.481 e. The number of para-hydroxylation sites is 1. The van der Waals surface area contributed by atoms with Crippen LogP contribution in [-0.4, -0.2) is 11.1 Å². The summed E-state index contributed by atoms with van der Waals surface area (Å²) >= 11 is 1.50. The number of thiophene rings is 1. The first-order valence-corrected chi connectivity index (χ1v) is 8.35. The molecule has 0 saturated carbocycles. The van der Waals surface area contributed by atoms with E-state index in [9.17, 15) is 9.18 Å². The number of carbonyl (C=O) groups is 1. The number of aryl methyl sites for hydroxylation is 1. The third-order valence-electron chi connectivity index (χ3n) is 3.95. The second-order valence-corrected chi connectivity index (χ2v) is 6.72. The molecular weight excluding hydrogens is 327 g/mol. The number of ether oxygens (including phenoxy) is 1. The maximum Gasteiger partial charge on any atom is 0.303 e. The van der Waals surface area contributed by atoms with Crippen LogP contribution in [0.25, 0.3) is 21.6 Å². The highest BCUT2D eigenvalue weighted by Gasteiger charge is 2.23. The largest absolute Gasteiger partial charge is 0.481 e. The van der Waals surface area contributed by atoms with Crippen molar-refractivity contribution in [2.24, 2.45) is 0 Å². The van der Waals surface area contributed by atoms with Crippen molar-refractivity contribution in [3.05, 3.63) is 59.2 Å². The molecule has 1 aliphatic heterocycles. The number of halogens is 1. The second-order valence-electron chi connectivity index (χ2n) is 5.59. The molecule has 0 amide bonds. The van der Waals surface area contributed by atoms with E-state index >= 15 is 0 Å². The van der Waals surface area contributed by atoms with Gasteiger partial charge < -0.3 is 9.84 Å². The molecule has 0 fully saturated rings. The van der Waals surface area contributed by atoms with E-state index in [1.807, 2.05) is 30.3 Å². The number of aliphatic carboxylic acids is 1. The summed E-state index contributed by atoms with van der Waals surface area (Å²) in [4.78, 5) is 12.7. The summed E-state index contributed by atoms with van der Waals surface area (Å²) in [7, 11) is 0. The molecule has 3 nitrogen and oxygen atoms in total. The summed E-state index contributed by atoms with van der Waals surface area (Å²) in [6, 6.07) is 14.1. The van der Waals surface area contributed by atoms with Crippen molar-refractivity contribution < 1.29 is 19.0 Å². The van der Waals surface area contributed by atoms with Gasteiger partial charge in [-0.3, -0.25) is 4.79 Å². The third kappa shape index (κ3) is 2.57. The van der Waals surface area contributed by atoms with Crippen LogP contribution in [-0.2, 0) is 11.2 Å². The molecule has 1 aliphatic rings. The highest BCUT2D eigenvalue weighted by atomic mass is 32.1. The van der Waals surface area contributed by atoms with E-state index in [1.165, 1.54) is 23.5 Å². The highest BCUT2D eigenvalue weighted by molar-refractivity contribution is 7.16. The second kappa shape index (κ2) is 5.76. The molecule has 2 heterocycles. The van der Waals surface area contributed by atoms with E-state index in [1.54, 1.807) is 6.07 Å². The lowest BCUT2D eigenvalue weighted by molar-refractivity contribution is -0.136. The zero-order valence-corrected chi connectivity index (χ0v) is 13.4. The molecule has 120 valence electrons. The Morgan fingerprint density at radius 1 is 1.04 bits per heavy atom. The number of fused-ring (bicyclic) bond motifs is 5. The molecule has 1 aromatic heterocycles. The zero-order chi connectivity index (χ0) is 16.7. The van der Waals surface area contributed by atoms with Gasteiger partial charge >= 0.3 is 5.97 Å². The topological polar surface area (TPSA) is 46.5 Å². The molecule has 2 aromatic carbocycles. The van der Waals surface area contributed by atoms with Gasteiger partial charge in [-0.2, -0.15) is 0 Å². The SMILES string of the molecule is O=C(O)CCc1cc2c(s1)-c1cc(F)ccc1Oc1ccccc1-2. The van der Waals surface area contributed by atoms with Crippen molar-refractivity contribution in [3.63, 3.8) is 0 Å². The van der Waals surface area contributed by atoms with Crippen molar-refractivity contribution in [1.29, 1.82) is 0 Å². The fourth-order valence-corrected chi connectivity index (χ4v) is 4.05. The molecular formula is C19H13FO3S. The average Bonchev–Trinajstić information content (AvgIpc) is 2.94. The lowest BCUT2D eigenvalue weighted by atomic mass is 10.0. The molecule has 3 aromatic rings. The van der Waals surface area contributed by atoms with Crippen LogP contribution in [0.3, 0.4) is 0 Å². The zero-order valence-electron chi connectivity index (χ0n) is 12.6. The Labute approximate surface area is 142 Å². The molecule has 0 spiro atoms. The first-order chi connectivity index (χ1) is 11.6. The minimum absolute atomic E-state index is 0.0769. The first-order valence-electron chi connectivity index (χ1n) is 7.53. The number of rotatable bonds is 3. The van der Waals surface area contributed by atoms with Crippen LogP contribution < -0.4 is 4.74 Å². The fourth-order valence-electron chi connectivity index (χ4n) is 2.86. The lowest BCUT2D eigenvalue weighted by Gasteiger charge is -2.08. The van der Waals surface area contributed by atoms with Gasteiger partial charge in [-0.05, 0) is 36.8 Å². The van der Waals surface area contributed by atoms with Crippen molar-refractivity contribution in [3.8, 4) is 33.1 Å². The van der Waals surface area contributed by atoms with Crippen LogP contribution in [0.1, 0.15) is 11.3 Å². The maximum atomic E-state index is 13.8. The molecule has 0 unspecified atom stereocenters. The molecule has 1 N–H and O–H groups in total. The number of hydrogen-bond donors (Lipinski definition) is 1. The van der Waals surface area contributed by atoms with E-state index in [-0.39, 0.29) is 12.2 Å². The summed E-state index contributed by atoms with van der Waals surface area (Å²) < 4.78 is 19.8. The first kappa shape index (κ1) is 14.9. The normalized spacial score (nSPS) is 11.7. The van der Waals surface area contributed by atoms with E-state index in [0.717, 1.165) is 20.9 Å². The molecule has 0 radical (unpaired) electrons. The van der Waals surface area contributed by atoms with E-state index in [4.69, 9.17) is 9.84 Å². The van der Waals surface area contributed by atoms with Gasteiger partial charge in [0, 0.05) is 26.4 Å². The van der Waals surface area contributed by atoms with Crippen molar-refractivity contribution >= 4 is 17.3 Å². The minimum atomic E-state index is -0.825. The average molecular weight is 340 g/mol. The van der Waals surface area contributed by atoms with E-state index in [2.05, 4.69) is 0 Å². The van der Waals surface area contributed by atoms with E-state index in [0.29, 0.717) is 23.5 Å². The Hall–Kier alpha value is -2.66. The maximum absolute atomic E-state index is 13.8. The third-order valence-corrected chi connectivity index (χ3v) is 5.18. The van der Waals surface area contributed by atoms with Crippen LogP contribution in [0.5, 0.6) is 11.5 Å². The number of hydrogen-bond acceptors (Lipinski definition) is 3. The molecule has 5 heteroatoms. The molecule has 0 bridgehead atoms. The predicted molar refractivity (Wildman–Crippen MR) is 91.2 cm³/mol. The van der Waals surface area contributed by atoms with Gasteiger partial charge in [-0.15, -0.1) is 11.3 Å². The molecule has 4 rings (SSSR count). The van der Waals surface area contributed by atoms with Crippen molar-refractivity contribution in [2.45, 2.75) is 12.8 Å². The molecule has 0 aliphatic carbocycles. The number of benzene rings is 2. The van der Waals surface area contributed by atoms with Gasteiger partial charge in [0.15, 0.2) is 0 Å². The van der Waals surface area contributed by atoms with E-state index < -0.39 is 5.97 Å². The summed E-state index contributed by atoms with van der Waals surface area (Å²) in [5.74, 6) is 0.171. The quantitative estimate of drug-likeness (QED) is 0.547. The van der Waals surface area contributed by atoms with Crippen LogP contribution in [0, 0.1) is 5.82 Å². The predicted octanol–water partition coefficient (Wildman–Crippen LogP) is 5.34. The monoisotopic (exact) mass is 340 g/mol. The standard InChI is InChI=1S/C19H13FO3S/c20-11-5-7-17-15(9-11)19-14(10-12(24-19)6-8-18(21)22)13-3-1-2-4-16(13)23-17/h1-5,7,9-10H,6,8H2,(H,21,22). The Bertz CT molecular complexity index is 946. The van der Waals surface area contributed by atoms with Crippen LogP contribution in [0.2, 0.25) is 0 Å². The smallest absolute Gasteiger partial charge is 0.303 e. The molecule has 0 saturated heterocycles. The Morgan fingerprint density at radius 2 is 1.83 bits per heavy atom. The molecule has 0 atom stereocenters. The Kier molecular flexibility index (Phi) is 3.58.